The van der Waals surface area contributed by atoms with E-state index in [0.29, 0.717) is 11.6 Å². The molecule has 2 N–H and O–H groups in total. The summed E-state index contributed by atoms with van der Waals surface area (Å²) < 4.78 is 0. The number of hydrogen-bond acceptors (Lipinski definition) is 5. The van der Waals surface area contributed by atoms with Crippen molar-refractivity contribution in [1.82, 2.24) is 9.97 Å². The van der Waals surface area contributed by atoms with Crippen LogP contribution in [0.25, 0.3) is 0 Å². The lowest BCUT2D eigenvalue weighted by Gasteiger charge is -2.30. The minimum Gasteiger partial charge on any atom is -0.339 e. The van der Waals surface area contributed by atoms with Gasteiger partial charge in [0.25, 0.3) is 0 Å². The highest BCUT2D eigenvalue weighted by molar-refractivity contribution is 5.36. The molecule has 2 heterocycles. The molecule has 0 bridgehead atoms. The van der Waals surface area contributed by atoms with Crippen LogP contribution < -0.4 is 10.6 Å². The highest BCUT2D eigenvalue weighted by Gasteiger charge is 2.19. The van der Waals surface area contributed by atoms with Gasteiger partial charge in [0.1, 0.15) is 11.8 Å². The highest BCUT2D eigenvalue weighted by atomic mass is 15.3. The van der Waals surface area contributed by atoms with Gasteiger partial charge < -0.3 is 10.6 Å². The quantitative estimate of drug-likeness (QED) is 0.744. The minimum absolute atomic E-state index is 0.184. The van der Waals surface area contributed by atoms with Crippen molar-refractivity contribution >= 4 is 5.95 Å². The predicted molar refractivity (Wildman–Crippen MR) is 60.9 cm³/mol. The molecule has 0 saturated carbocycles. The second-order valence-corrected chi connectivity index (χ2v) is 4.15. The molecule has 1 aromatic rings. The van der Waals surface area contributed by atoms with Gasteiger partial charge in [-0.15, -0.1) is 0 Å². The number of rotatable bonds is 1. The summed E-state index contributed by atoms with van der Waals surface area (Å²) in [5.41, 5.74) is 7.15. The standard InChI is InChI=1S/C11H15N5/c1-8-5-10(6-12)15-11(14-8)16-4-2-3-9(13)7-16/h5,9H,2-4,7,13H2,1H3. The Kier molecular flexibility index (Phi) is 3.02. The third-order valence-electron chi connectivity index (χ3n) is 2.70. The van der Waals surface area contributed by atoms with E-state index in [1.54, 1.807) is 6.07 Å². The lowest BCUT2D eigenvalue weighted by Crippen LogP contribution is -2.43. The largest absolute Gasteiger partial charge is 0.339 e. The van der Waals surface area contributed by atoms with Gasteiger partial charge in [-0.05, 0) is 25.8 Å². The fourth-order valence-electron chi connectivity index (χ4n) is 1.94. The predicted octanol–water partition coefficient (Wildman–Crippen LogP) is 0.584. The second kappa shape index (κ2) is 4.45. The van der Waals surface area contributed by atoms with Crippen LogP contribution in [0.3, 0.4) is 0 Å². The Hall–Kier alpha value is -1.67. The first-order valence-corrected chi connectivity index (χ1v) is 5.45. The van der Waals surface area contributed by atoms with Gasteiger partial charge in [-0.3, -0.25) is 0 Å². The van der Waals surface area contributed by atoms with Gasteiger partial charge in [-0.2, -0.15) is 5.26 Å². The minimum atomic E-state index is 0.184. The molecule has 5 heteroatoms. The van der Waals surface area contributed by atoms with E-state index < -0.39 is 0 Å². The maximum Gasteiger partial charge on any atom is 0.226 e. The Morgan fingerprint density at radius 2 is 2.38 bits per heavy atom. The molecular weight excluding hydrogens is 202 g/mol. The maximum absolute atomic E-state index is 8.85. The van der Waals surface area contributed by atoms with Gasteiger partial charge in [0.15, 0.2) is 0 Å². The number of hydrogen-bond donors (Lipinski definition) is 1. The zero-order valence-electron chi connectivity index (χ0n) is 9.35. The number of nitrogens with two attached hydrogens (primary N) is 1. The monoisotopic (exact) mass is 217 g/mol. The molecule has 5 nitrogen and oxygen atoms in total. The average Bonchev–Trinajstić information content (AvgIpc) is 2.28. The van der Waals surface area contributed by atoms with Crippen molar-refractivity contribution in [2.45, 2.75) is 25.8 Å². The molecule has 16 heavy (non-hydrogen) atoms. The van der Waals surface area contributed by atoms with Crippen LogP contribution in [0.15, 0.2) is 6.07 Å². The van der Waals surface area contributed by atoms with E-state index >= 15 is 0 Å². The van der Waals surface area contributed by atoms with E-state index in [0.717, 1.165) is 31.6 Å². The summed E-state index contributed by atoms with van der Waals surface area (Å²) in [6, 6.07) is 3.92. The van der Waals surface area contributed by atoms with Crippen molar-refractivity contribution in [3.05, 3.63) is 17.5 Å². The third-order valence-corrected chi connectivity index (χ3v) is 2.70. The van der Waals surface area contributed by atoms with E-state index in [-0.39, 0.29) is 6.04 Å². The van der Waals surface area contributed by atoms with Crippen LogP contribution in [-0.2, 0) is 0 Å². The Balaban J connectivity index is 2.26. The van der Waals surface area contributed by atoms with E-state index in [1.807, 2.05) is 13.0 Å². The summed E-state index contributed by atoms with van der Waals surface area (Å²) in [4.78, 5) is 10.6. The Labute approximate surface area is 94.9 Å². The molecule has 0 amide bonds. The van der Waals surface area contributed by atoms with E-state index in [4.69, 9.17) is 11.0 Å². The molecule has 0 spiro atoms. The van der Waals surface area contributed by atoms with Gasteiger partial charge in [-0.25, -0.2) is 9.97 Å². The van der Waals surface area contributed by atoms with E-state index in [9.17, 15) is 0 Å². The van der Waals surface area contributed by atoms with Crippen molar-refractivity contribution in [3.8, 4) is 6.07 Å². The molecule has 1 aromatic heterocycles. The Morgan fingerprint density at radius 1 is 1.56 bits per heavy atom. The van der Waals surface area contributed by atoms with Gasteiger partial charge >= 0.3 is 0 Å². The number of aromatic nitrogens is 2. The zero-order valence-corrected chi connectivity index (χ0v) is 9.35. The molecule has 84 valence electrons. The Bertz CT molecular complexity index is 423. The van der Waals surface area contributed by atoms with Gasteiger partial charge in [0.2, 0.25) is 5.95 Å². The van der Waals surface area contributed by atoms with Crippen molar-refractivity contribution < 1.29 is 0 Å². The number of piperidine rings is 1. The third kappa shape index (κ3) is 2.28. The molecule has 0 aliphatic carbocycles. The molecule has 1 aliphatic heterocycles. The van der Waals surface area contributed by atoms with Crippen molar-refractivity contribution in [1.29, 1.82) is 5.26 Å². The number of aryl methyl sites for hydroxylation is 1. The topological polar surface area (TPSA) is 78.8 Å². The summed E-state index contributed by atoms with van der Waals surface area (Å²) in [6.45, 7) is 3.56. The van der Waals surface area contributed by atoms with Crippen LogP contribution in [0.4, 0.5) is 5.95 Å². The molecule has 0 aromatic carbocycles. The molecule has 1 fully saturated rings. The van der Waals surface area contributed by atoms with E-state index in [2.05, 4.69) is 14.9 Å². The fraction of sp³-hybridized carbons (Fsp3) is 0.545. The first-order valence-electron chi connectivity index (χ1n) is 5.45. The lowest BCUT2D eigenvalue weighted by atomic mass is 10.1. The number of anilines is 1. The Morgan fingerprint density at radius 3 is 3.06 bits per heavy atom. The molecule has 1 aliphatic rings. The number of nitriles is 1. The van der Waals surface area contributed by atoms with Crippen LogP contribution in [0.2, 0.25) is 0 Å². The second-order valence-electron chi connectivity index (χ2n) is 4.15. The van der Waals surface area contributed by atoms with Crippen LogP contribution in [0.5, 0.6) is 0 Å². The maximum atomic E-state index is 8.85. The highest BCUT2D eigenvalue weighted by Crippen LogP contribution is 2.15. The average molecular weight is 217 g/mol. The van der Waals surface area contributed by atoms with Gasteiger partial charge in [0.05, 0.1) is 0 Å². The molecule has 0 radical (unpaired) electrons. The lowest BCUT2D eigenvalue weighted by molar-refractivity contribution is 0.499. The van der Waals surface area contributed by atoms with Crippen LogP contribution in [-0.4, -0.2) is 29.1 Å². The van der Waals surface area contributed by atoms with Crippen molar-refractivity contribution in [2.75, 3.05) is 18.0 Å². The SMILES string of the molecule is Cc1cc(C#N)nc(N2CCCC(N)C2)n1. The molecule has 2 rings (SSSR count). The van der Waals surface area contributed by atoms with Gasteiger partial charge in [-0.1, -0.05) is 0 Å². The molecular formula is C11H15N5. The summed E-state index contributed by atoms with van der Waals surface area (Å²) in [6.07, 6.45) is 2.10. The molecule has 1 atom stereocenters. The normalized spacial score (nSPS) is 20.6. The van der Waals surface area contributed by atoms with E-state index in [1.165, 1.54) is 0 Å². The first-order chi connectivity index (χ1) is 7.69. The fourth-order valence-corrected chi connectivity index (χ4v) is 1.94. The summed E-state index contributed by atoms with van der Waals surface area (Å²) in [7, 11) is 0. The van der Waals surface area contributed by atoms with Crippen molar-refractivity contribution in [2.24, 2.45) is 5.73 Å². The summed E-state index contributed by atoms with van der Waals surface area (Å²) >= 11 is 0. The van der Waals surface area contributed by atoms with Crippen molar-refractivity contribution in [3.63, 3.8) is 0 Å². The number of nitrogens with zero attached hydrogens (tertiary/aromatic N) is 4. The van der Waals surface area contributed by atoms with Gasteiger partial charge in [0, 0.05) is 24.8 Å². The first kappa shape index (κ1) is 10.8. The summed E-state index contributed by atoms with van der Waals surface area (Å²) in [5, 5.41) is 8.85. The zero-order chi connectivity index (χ0) is 11.5. The van der Waals surface area contributed by atoms with Crippen LogP contribution >= 0.6 is 0 Å². The van der Waals surface area contributed by atoms with Crippen LogP contribution in [0, 0.1) is 18.3 Å². The molecule has 1 saturated heterocycles. The van der Waals surface area contributed by atoms with Crippen LogP contribution in [0.1, 0.15) is 24.2 Å². The smallest absolute Gasteiger partial charge is 0.226 e. The summed E-state index contributed by atoms with van der Waals surface area (Å²) in [5.74, 6) is 0.631. The molecule has 1 unspecified atom stereocenters.